The second kappa shape index (κ2) is 7.31. The zero-order chi connectivity index (χ0) is 15.1. The molecule has 0 unspecified atom stereocenters. The fourth-order valence-electron chi connectivity index (χ4n) is 1.99. The summed E-state index contributed by atoms with van der Waals surface area (Å²) in [7, 11) is 0. The maximum absolute atomic E-state index is 8.70. The molecule has 0 atom stereocenters. The number of hydrogen-bond donors (Lipinski definition) is 3. The molecule has 0 aliphatic carbocycles. The van der Waals surface area contributed by atoms with Crippen molar-refractivity contribution >= 4 is 11.4 Å². The molecule has 0 aliphatic rings. The van der Waals surface area contributed by atoms with E-state index < -0.39 is 0 Å². The Hall–Kier alpha value is -2.52. The van der Waals surface area contributed by atoms with E-state index in [-0.39, 0.29) is 0 Å². The average molecular weight is 280 g/mol. The molecule has 3 nitrogen and oxygen atoms in total. The number of anilines is 1. The quantitative estimate of drug-likeness (QED) is 0.666. The third kappa shape index (κ3) is 4.51. The van der Waals surface area contributed by atoms with Gasteiger partial charge in [0.2, 0.25) is 0 Å². The zero-order valence-corrected chi connectivity index (χ0v) is 12.0. The number of hydroxylamine groups is 1. The first-order valence-electron chi connectivity index (χ1n) is 6.87. The average Bonchev–Trinajstić information content (AvgIpc) is 2.54. The van der Waals surface area contributed by atoms with Gasteiger partial charge in [-0.15, -0.1) is 0 Å². The lowest BCUT2D eigenvalue weighted by molar-refractivity contribution is 0.196. The summed E-state index contributed by atoms with van der Waals surface area (Å²) in [6, 6.07) is 18.2. The summed E-state index contributed by atoms with van der Waals surface area (Å²) in [4.78, 5) is 0. The van der Waals surface area contributed by atoms with Crippen molar-refractivity contribution in [3.63, 3.8) is 0 Å². The van der Waals surface area contributed by atoms with Crippen molar-refractivity contribution in [2.45, 2.75) is 12.8 Å². The van der Waals surface area contributed by atoms with Crippen LogP contribution in [-0.4, -0.2) is 5.21 Å². The first-order valence-corrected chi connectivity index (χ1v) is 6.87. The summed E-state index contributed by atoms with van der Waals surface area (Å²) >= 11 is 0. The highest BCUT2D eigenvalue weighted by Crippen LogP contribution is 2.18. The Morgan fingerprint density at radius 1 is 0.952 bits per heavy atom. The van der Waals surface area contributed by atoms with Crippen LogP contribution in [0.1, 0.15) is 17.5 Å². The van der Waals surface area contributed by atoms with E-state index in [1.54, 1.807) is 0 Å². The first kappa shape index (κ1) is 14.9. The number of benzene rings is 2. The van der Waals surface area contributed by atoms with E-state index in [0.29, 0.717) is 12.1 Å². The number of hydrogen-bond acceptors (Lipinski definition) is 3. The third-order valence-corrected chi connectivity index (χ3v) is 3.24. The fourth-order valence-corrected chi connectivity index (χ4v) is 1.99. The fraction of sp³-hybridized carbons (Fsp3) is 0.111. The molecule has 3 N–H and O–H groups in total. The molecule has 0 spiro atoms. The van der Waals surface area contributed by atoms with Gasteiger partial charge in [-0.1, -0.05) is 55.6 Å². The van der Waals surface area contributed by atoms with Gasteiger partial charge in [-0.3, -0.25) is 10.7 Å². The van der Waals surface area contributed by atoms with E-state index in [0.717, 1.165) is 23.4 Å². The van der Waals surface area contributed by atoms with Crippen LogP contribution >= 0.6 is 0 Å². The van der Waals surface area contributed by atoms with Gasteiger partial charge in [0.1, 0.15) is 0 Å². The van der Waals surface area contributed by atoms with Crippen molar-refractivity contribution in [2.75, 3.05) is 5.32 Å². The van der Waals surface area contributed by atoms with Crippen molar-refractivity contribution in [2.24, 2.45) is 0 Å². The monoisotopic (exact) mass is 280 g/mol. The van der Waals surface area contributed by atoms with Crippen LogP contribution in [-0.2, 0) is 6.42 Å². The van der Waals surface area contributed by atoms with Gasteiger partial charge in [0.25, 0.3) is 0 Å². The molecule has 3 heteroatoms. The van der Waals surface area contributed by atoms with Crippen molar-refractivity contribution < 1.29 is 5.21 Å². The largest absolute Gasteiger partial charge is 0.356 e. The summed E-state index contributed by atoms with van der Waals surface area (Å²) in [5.74, 6) is 0. The lowest BCUT2D eigenvalue weighted by Crippen LogP contribution is -2.06. The van der Waals surface area contributed by atoms with Crippen LogP contribution in [0.15, 0.2) is 73.5 Å². The Balaban J connectivity index is 1.93. The molecular formula is C18H20N2O. The molecule has 0 saturated heterocycles. The number of allylic oxidation sites excluding steroid dienone is 1. The van der Waals surface area contributed by atoms with Gasteiger partial charge in [0.05, 0.1) is 0 Å². The summed E-state index contributed by atoms with van der Waals surface area (Å²) in [5.41, 5.74) is 6.85. The number of nitrogens with one attached hydrogen (secondary N) is 2. The van der Waals surface area contributed by atoms with Crippen LogP contribution in [0.3, 0.4) is 0 Å². The van der Waals surface area contributed by atoms with Crippen molar-refractivity contribution in [3.8, 4) is 0 Å². The maximum Gasteiger partial charge on any atom is 0.0384 e. The van der Waals surface area contributed by atoms with Gasteiger partial charge in [0.15, 0.2) is 0 Å². The molecule has 21 heavy (non-hydrogen) atoms. The van der Waals surface area contributed by atoms with Gasteiger partial charge < -0.3 is 5.32 Å². The van der Waals surface area contributed by atoms with Crippen molar-refractivity contribution in [3.05, 3.63) is 84.6 Å². The molecule has 0 fully saturated rings. The van der Waals surface area contributed by atoms with E-state index in [1.165, 1.54) is 5.56 Å². The zero-order valence-electron chi connectivity index (χ0n) is 12.0. The Labute approximate surface area is 125 Å². The third-order valence-electron chi connectivity index (χ3n) is 3.24. The molecule has 0 amide bonds. The van der Waals surface area contributed by atoms with E-state index in [1.807, 2.05) is 42.5 Å². The molecule has 2 aromatic carbocycles. The Bertz CT molecular complexity index is 603. The van der Waals surface area contributed by atoms with E-state index in [2.05, 4.69) is 36.1 Å². The van der Waals surface area contributed by atoms with Gasteiger partial charge >= 0.3 is 0 Å². The summed E-state index contributed by atoms with van der Waals surface area (Å²) in [5, 5.41) is 12.0. The minimum atomic E-state index is 0.620. The molecule has 0 aliphatic heterocycles. The second-order valence-electron chi connectivity index (χ2n) is 4.88. The molecule has 0 aromatic heterocycles. The molecule has 0 heterocycles. The number of aryl methyl sites for hydroxylation is 1. The lowest BCUT2D eigenvalue weighted by atomic mass is 10.1. The predicted molar refractivity (Wildman–Crippen MR) is 87.9 cm³/mol. The van der Waals surface area contributed by atoms with Crippen LogP contribution < -0.4 is 10.8 Å². The lowest BCUT2D eigenvalue weighted by Gasteiger charge is -2.10. The molecule has 108 valence electrons. The van der Waals surface area contributed by atoms with Gasteiger partial charge in [-0.25, -0.2) is 0 Å². The van der Waals surface area contributed by atoms with Gasteiger partial charge in [-0.05, 0) is 36.1 Å². The molecule has 2 rings (SSSR count). The van der Waals surface area contributed by atoms with Gasteiger partial charge in [-0.2, -0.15) is 0 Å². The van der Waals surface area contributed by atoms with E-state index >= 15 is 0 Å². The van der Waals surface area contributed by atoms with Crippen molar-refractivity contribution in [1.29, 1.82) is 0 Å². The van der Waals surface area contributed by atoms with Crippen LogP contribution in [0.4, 0.5) is 5.69 Å². The molecule has 0 bridgehead atoms. The standard InChI is InChI=1S/C18H20N2O/c1-14(20-21)8-9-16-10-12-18(13-11-16)19-15(2)17-6-4-3-5-7-17/h3-7,10-13,19-21H,1-2,8-9H2. The SMILES string of the molecule is C=C(CCc1ccc(NC(=C)c2ccccc2)cc1)NO. The Morgan fingerprint density at radius 2 is 1.62 bits per heavy atom. The maximum atomic E-state index is 8.70. The van der Waals surface area contributed by atoms with E-state index in [4.69, 9.17) is 5.21 Å². The Kier molecular flexibility index (Phi) is 5.18. The molecule has 0 saturated carbocycles. The summed E-state index contributed by atoms with van der Waals surface area (Å²) in [6.07, 6.45) is 1.55. The minimum absolute atomic E-state index is 0.620. The first-order chi connectivity index (χ1) is 10.2. The highest BCUT2D eigenvalue weighted by molar-refractivity contribution is 5.75. The molecule has 0 radical (unpaired) electrons. The van der Waals surface area contributed by atoms with Gasteiger partial charge in [0, 0.05) is 17.1 Å². The van der Waals surface area contributed by atoms with Crippen molar-refractivity contribution in [1.82, 2.24) is 5.48 Å². The molecule has 2 aromatic rings. The topological polar surface area (TPSA) is 44.3 Å². The highest BCUT2D eigenvalue weighted by Gasteiger charge is 2.00. The number of rotatable bonds is 7. The predicted octanol–water partition coefficient (Wildman–Crippen LogP) is 4.19. The van der Waals surface area contributed by atoms with Crippen LogP contribution in [0.5, 0.6) is 0 Å². The van der Waals surface area contributed by atoms with Crippen LogP contribution in [0.2, 0.25) is 0 Å². The Morgan fingerprint density at radius 3 is 2.24 bits per heavy atom. The van der Waals surface area contributed by atoms with Crippen LogP contribution in [0.25, 0.3) is 5.70 Å². The summed E-state index contributed by atoms with van der Waals surface area (Å²) < 4.78 is 0. The molecular weight excluding hydrogens is 260 g/mol. The summed E-state index contributed by atoms with van der Waals surface area (Å²) in [6.45, 7) is 7.75. The second-order valence-corrected chi connectivity index (χ2v) is 4.88. The van der Waals surface area contributed by atoms with Crippen LogP contribution in [0, 0.1) is 0 Å². The highest BCUT2D eigenvalue weighted by atomic mass is 16.5. The normalized spacial score (nSPS) is 9.95. The van der Waals surface area contributed by atoms with E-state index in [9.17, 15) is 0 Å². The minimum Gasteiger partial charge on any atom is -0.356 e. The smallest absolute Gasteiger partial charge is 0.0384 e.